The third-order valence-corrected chi connectivity index (χ3v) is 15.5. The fourth-order valence-electron chi connectivity index (χ4n) is 8.75. The van der Waals surface area contributed by atoms with Crippen LogP contribution in [0.25, 0.3) is 0 Å². The number of ether oxygens (including phenoxy) is 4. The second-order valence-corrected chi connectivity index (χ2v) is 24.3. The van der Waals surface area contributed by atoms with Crippen molar-refractivity contribution < 1.29 is 80.2 Å². The SMILES string of the molecule is CCCCCCCCCCCCCCCCCCCC(=O)O[C@H](COC(=O)CCCCCCCCCCC)COP(=O)(O)OC[C@@H](O)COP(=O)(O)OC[C@@H](COC(=O)CCCCCCC)OC(=O)CCCCCCCCC. The summed E-state index contributed by atoms with van der Waals surface area (Å²) >= 11 is 0. The van der Waals surface area contributed by atoms with Crippen LogP contribution in [-0.4, -0.2) is 96.7 Å². The third kappa shape index (κ3) is 53.4. The summed E-state index contributed by atoms with van der Waals surface area (Å²) in [6.45, 7) is 4.71. The van der Waals surface area contributed by atoms with Gasteiger partial charge in [-0.1, -0.05) is 246 Å². The molecule has 0 rings (SSSR count). The van der Waals surface area contributed by atoms with Gasteiger partial charge >= 0.3 is 39.5 Å². The molecule has 0 radical (unpaired) electrons. The summed E-state index contributed by atoms with van der Waals surface area (Å²) in [6, 6.07) is 0. The van der Waals surface area contributed by atoms with Gasteiger partial charge in [-0.15, -0.1) is 0 Å². The summed E-state index contributed by atoms with van der Waals surface area (Å²) in [6.07, 6.45) is 38.1. The molecule has 462 valence electrons. The van der Waals surface area contributed by atoms with Gasteiger partial charge in [-0.05, 0) is 25.7 Å². The standard InChI is InChI=1S/C59H114O17P2/c1-5-9-13-17-20-22-23-24-25-26-27-28-29-31-34-38-42-46-59(64)76-55(50-70-57(62)44-40-36-33-30-21-18-14-10-6-2)52-74-78(67,68)72-48-53(60)47-71-77(65,66)73-51-54(49-69-56(61)43-39-35-16-12-8-4)75-58(63)45-41-37-32-19-15-11-7-3/h53-55,60H,5-52H2,1-4H3,(H,65,66)(H,67,68)/t53-,54+,55+/m0/s1. The molecule has 78 heavy (non-hydrogen) atoms. The van der Waals surface area contributed by atoms with Crippen molar-refractivity contribution in [1.82, 2.24) is 0 Å². The molecule has 0 saturated carbocycles. The molecular formula is C59H114O17P2. The normalized spacial score (nSPS) is 14.3. The Morgan fingerprint density at radius 1 is 0.308 bits per heavy atom. The highest BCUT2D eigenvalue weighted by Crippen LogP contribution is 2.45. The number of rotatable bonds is 60. The molecule has 5 atom stereocenters. The zero-order valence-electron chi connectivity index (χ0n) is 49.6. The van der Waals surface area contributed by atoms with Crippen molar-refractivity contribution in [2.75, 3.05) is 39.6 Å². The summed E-state index contributed by atoms with van der Waals surface area (Å²) < 4.78 is 67.4. The molecule has 0 aromatic carbocycles. The molecule has 0 heterocycles. The second kappa shape index (κ2) is 54.3. The minimum absolute atomic E-state index is 0.103. The van der Waals surface area contributed by atoms with Crippen molar-refractivity contribution in [2.24, 2.45) is 0 Å². The largest absolute Gasteiger partial charge is 0.472 e. The van der Waals surface area contributed by atoms with Gasteiger partial charge in [-0.3, -0.25) is 37.3 Å². The van der Waals surface area contributed by atoms with E-state index in [2.05, 4.69) is 27.7 Å². The molecule has 0 aliphatic rings. The van der Waals surface area contributed by atoms with Crippen LogP contribution in [0.5, 0.6) is 0 Å². The molecule has 0 aliphatic carbocycles. The number of aliphatic hydroxyl groups excluding tert-OH is 1. The first-order chi connectivity index (χ1) is 37.7. The fraction of sp³-hybridized carbons (Fsp3) is 0.932. The first-order valence-corrected chi connectivity index (χ1v) is 34.3. The Kier molecular flexibility index (Phi) is 53.0. The number of hydrogen-bond acceptors (Lipinski definition) is 15. The Morgan fingerprint density at radius 2 is 0.513 bits per heavy atom. The maximum atomic E-state index is 12.9. The van der Waals surface area contributed by atoms with Crippen LogP contribution in [0, 0.1) is 0 Å². The fourth-order valence-corrected chi connectivity index (χ4v) is 10.3. The smallest absolute Gasteiger partial charge is 0.462 e. The Morgan fingerprint density at radius 3 is 0.756 bits per heavy atom. The topological polar surface area (TPSA) is 237 Å². The van der Waals surface area contributed by atoms with Crippen molar-refractivity contribution in [2.45, 2.75) is 316 Å². The van der Waals surface area contributed by atoms with E-state index in [-0.39, 0.29) is 25.7 Å². The number of unbranched alkanes of at least 4 members (excludes halogenated alkanes) is 34. The number of hydrogen-bond donors (Lipinski definition) is 3. The highest BCUT2D eigenvalue weighted by atomic mass is 31.2. The van der Waals surface area contributed by atoms with E-state index in [1.165, 1.54) is 109 Å². The Balaban J connectivity index is 5.10. The first-order valence-electron chi connectivity index (χ1n) is 31.3. The lowest BCUT2D eigenvalue weighted by molar-refractivity contribution is -0.161. The molecule has 0 aliphatic heterocycles. The molecular weight excluding hydrogens is 1040 g/mol. The molecule has 0 amide bonds. The lowest BCUT2D eigenvalue weighted by Gasteiger charge is -2.21. The predicted octanol–water partition coefficient (Wildman–Crippen LogP) is 16.0. The van der Waals surface area contributed by atoms with Crippen molar-refractivity contribution in [3.63, 3.8) is 0 Å². The quantitative estimate of drug-likeness (QED) is 0.0222. The van der Waals surface area contributed by atoms with Crippen LogP contribution in [0.1, 0.15) is 297 Å². The van der Waals surface area contributed by atoms with Crippen molar-refractivity contribution in [3.8, 4) is 0 Å². The summed E-state index contributed by atoms with van der Waals surface area (Å²) in [5.74, 6) is -2.16. The molecule has 0 aromatic heterocycles. The highest BCUT2D eigenvalue weighted by Gasteiger charge is 2.30. The van der Waals surface area contributed by atoms with Crippen LogP contribution in [0.4, 0.5) is 0 Å². The van der Waals surface area contributed by atoms with E-state index < -0.39 is 97.5 Å². The summed E-state index contributed by atoms with van der Waals surface area (Å²) in [4.78, 5) is 71.5. The monoisotopic (exact) mass is 1160 g/mol. The van der Waals surface area contributed by atoms with Crippen molar-refractivity contribution >= 4 is 39.5 Å². The van der Waals surface area contributed by atoms with Crippen LogP contribution >= 0.6 is 15.6 Å². The number of phosphoric acid groups is 2. The summed E-state index contributed by atoms with van der Waals surface area (Å²) in [5, 5.41) is 10.5. The van der Waals surface area contributed by atoms with Crippen LogP contribution in [0.15, 0.2) is 0 Å². The number of esters is 4. The average molecular weight is 1160 g/mol. The molecule has 0 aromatic rings. The maximum Gasteiger partial charge on any atom is 0.472 e. The second-order valence-electron chi connectivity index (χ2n) is 21.4. The Bertz CT molecular complexity index is 1520. The van der Waals surface area contributed by atoms with Gasteiger partial charge in [0.1, 0.15) is 19.3 Å². The number of carbonyl (C=O) groups excluding carboxylic acids is 4. The van der Waals surface area contributed by atoms with Gasteiger partial charge in [-0.2, -0.15) is 0 Å². The van der Waals surface area contributed by atoms with Crippen molar-refractivity contribution in [1.29, 1.82) is 0 Å². The Hall–Kier alpha value is -1.94. The first kappa shape index (κ1) is 76.1. The summed E-state index contributed by atoms with van der Waals surface area (Å²) in [7, 11) is -9.86. The van der Waals surface area contributed by atoms with Crippen molar-refractivity contribution in [3.05, 3.63) is 0 Å². The van der Waals surface area contributed by atoms with E-state index >= 15 is 0 Å². The van der Waals surface area contributed by atoms with E-state index in [1.807, 2.05) is 0 Å². The van der Waals surface area contributed by atoms with Crippen LogP contribution in [-0.2, 0) is 65.4 Å². The van der Waals surface area contributed by atoms with E-state index in [4.69, 9.17) is 37.0 Å². The minimum Gasteiger partial charge on any atom is -0.462 e. The van der Waals surface area contributed by atoms with Gasteiger partial charge < -0.3 is 33.8 Å². The van der Waals surface area contributed by atoms with E-state index in [1.54, 1.807) is 0 Å². The lowest BCUT2D eigenvalue weighted by atomic mass is 10.0. The van der Waals surface area contributed by atoms with Gasteiger partial charge in [0.2, 0.25) is 0 Å². The van der Waals surface area contributed by atoms with Gasteiger partial charge in [0.15, 0.2) is 12.2 Å². The molecule has 0 fully saturated rings. The molecule has 19 heteroatoms. The van der Waals surface area contributed by atoms with Crippen LogP contribution < -0.4 is 0 Å². The van der Waals surface area contributed by atoms with E-state index in [9.17, 15) is 43.2 Å². The third-order valence-electron chi connectivity index (χ3n) is 13.6. The lowest BCUT2D eigenvalue weighted by Crippen LogP contribution is -2.30. The van der Waals surface area contributed by atoms with Gasteiger partial charge in [0.25, 0.3) is 0 Å². The van der Waals surface area contributed by atoms with E-state index in [0.717, 1.165) is 109 Å². The maximum absolute atomic E-state index is 12.9. The van der Waals surface area contributed by atoms with E-state index in [0.29, 0.717) is 25.7 Å². The van der Waals surface area contributed by atoms with Gasteiger partial charge in [-0.25, -0.2) is 9.13 Å². The highest BCUT2D eigenvalue weighted by molar-refractivity contribution is 7.47. The minimum atomic E-state index is -4.93. The molecule has 0 bridgehead atoms. The molecule has 3 N–H and O–H groups in total. The predicted molar refractivity (Wildman–Crippen MR) is 308 cm³/mol. The molecule has 2 unspecified atom stereocenters. The van der Waals surface area contributed by atoms with Crippen LogP contribution in [0.3, 0.4) is 0 Å². The molecule has 0 spiro atoms. The zero-order chi connectivity index (χ0) is 57.6. The summed E-state index contributed by atoms with van der Waals surface area (Å²) in [5.41, 5.74) is 0. The van der Waals surface area contributed by atoms with Gasteiger partial charge in [0, 0.05) is 25.7 Å². The molecule has 17 nitrogen and oxygen atoms in total. The van der Waals surface area contributed by atoms with Crippen LogP contribution in [0.2, 0.25) is 0 Å². The number of carbonyl (C=O) groups is 4. The number of phosphoric ester groups is 2. The number of aliphatic hydroxyl groups is 1. The Labute approximate surface area is 473 Å². The van der Waals surface area contributed by atoms with Gasteiger partial charge in [0.05, 0.1) is 26.4 Å². The zero-order valence-corrected chi connectivity index (χ0v) is 51.4. The average Bonchev–Trinajstić information content (AvgIpc) is 3.41. The molecule has 0 saturated heterocycles.